The molecule has 0 N–H and O–H groups in total. The van der Waals surface area contributed by atoms with Crippen LogP contribution in [0.3, 0.4) is 0 Å². The maximum absolute atomic E-state index is 8.83. The first-order chi connectivity index (χ1) is 9.78. The van der Waals surface area contributed by atoms with Gasteiger partial charge in [0.15, 0.2) is 0 Å². The number of aromatic nitrogens is 3. The quantitative estimate of drug-likeness (QED) is 0.847. The van der Waals surface area contributed by atoms with Crippen molar-refractivity contribution in [2.75, 3.05) is 18.0 Å². The first-order valence-corrected chi connectivity index (χ1v) is 6.72. The highest BCUT2D eigenvalue weighted by molar-refractivity contribution is 6.33. The Bertz CT molecular complexity index is 652. The van der Waals surface area contributed by atoms with Gasteiger partial charge in [-0.2, -0.15) is 5.26 Å². The zero-order chi connectivity index (χ0) is 13.9. The molecule has 0 radical (unpaired) electrons. The maximum Gasteiger partial charge on any atom is 0.147 e. The second kappa shape index (κ2) is 5.43. The lowest BCUT2D eigenvalue weighted by Gasteiger charge is -2.18. The van der Waals surface area contributed by atoms with Gasteiger partial charge in [0.1, 0.15) is 11.9 Å². The van der Waals surface area contributed by atoms with E-state index in [2.05, 4.69) is 19.9 Å². The Morgan fingerprint density at radius 1 is 1.30 bits per heavy atom. The van der Waals surface area contributed by atoms with Crippen LogP contribution in [0, 0.1) is 11.3 Å². The third kappa shape index (κ3) is 2.43. The molecule has 100 valence electrons. The zero-order valence-corrected chi connectivity index (χ0v) is 11.5. The predicted molar refractivity (Wildman–Crippen MR) is 75.6 cm³/mol. The van der Waals surface area contributed by atoms with Gasteiger partial charge in [-0.25, -0.2) is 4.98 Å². The standard InChI is InChI=1S/C14H12ClN5/c15-12-5-10(6-16)7-19-14(12)20-4-1-11(9-20)13-8-17-2-3-18-13/h2-3,5,7-8,11H,1,4,9H2. The summed E-state index contributed by atoms with van der Waals surface area (Å²) in [5.74, 6) is 1.08. The highest BCUT2D eigenvalue weighted by Gasteiger charge is 2.27. The fraction of sp³-hybridized carbons (Fsp3) is 0.286. The van der Waals surface area contributed by atoms with Gasteiger partial charge in [0.2, 0.25) is 0 Å². The van der Waals surface area contributed by atoms with E-state index in [0.717, 1.165) is 31.0 Å². The third-order valence-electron chi connectivity index (χ3n) is 3.44. The molecule has 0 saturated carbocycles. The molecule has 1 saturated heterocycles. The average Bonchev–Trinajstić information content (AvgIpc) is 2.97. The zero-order valence-electron chi connectivity index (χ0n) is 10.7. The molecule has 0 spiro atoms. The molecule has 3 heterocycles. The molecule has 1 aliphatic heterocycles. The molecule has 20 heavy (non-hydrogen) atoms. The van der Waals surface area contributed by atoms with Crippen LogP contribution in [0.15, 0.2) is 30.9 Å². The van der Waals surface area contributed by atoms with Crippen molar-refractivity contribution < 1.29 is 0 Å². The number of hydrogen-bond donors (Lipinski definition) is 0. The van der Waals surface area contributed by atoms with E-state index in [1.165, 1.54) is 0 Å². The van der Waals surface area contributed by atoms with Gasteiger partial charge in [-0.3, -0.25) is 9.97 Å². The summed E-state index contributed by atoms with van der Waals surface area (Å²) in [5, 5.41) is 9.35. The summed E-state index contributed by atoms with van der Waals surface area (Å²) in [5.41, 5.74) is 1.48. The summed E-state index contributed by atoms with van der Waals surface area (Å²) >= 11 is 6.20. The number of nitrogens with zero attached hydrogens (tertiary/aromatic N) is 5. The van der Waals surface area contributed by atoms with Crippen molar-refractivity contribution in [3.8, 4) is 6.07 Å². The fourth-order valence-electron chi connectivity index (χ4n) is 2.44. The van der Waals surface area contributed by atoms with Gasteiger partial charge >= 0.3 is 0 Å². The van der Waals surface area contributed by atoms with Gasteiger partial charge in [-0.1, -0.05) is 11.6 Å². The molecule has 2 aromatic rings. The first-order valence-electron chi connectivity index (χ1n) is 6.34. The molecule has 1 fully saturated rings. The predicted octanol–water partition coefficient (Wildman–Crippen LogP) is 2.39. The van der Waals surface area contributed by atoms with Crippen LogP contribution in [0.1, 0.15) is 23.6 Å². The van der Waals surface area contributed by atoms with Crippen molar-refractivity contribution in [2.24, 2.45) is 0 Å². The Morgan fingerprint density at radius 2 is 2.20 bits per heavy atom. The molecular weight excluding hydrogens is 274 g/mol. The Balaban J connectivity index is 1.79. The normalized spacial score (nSPS) is 18.0. The number of hydrogen-bond acceptors (Lipinski definition) is 5. The van der Waals surface area contributed by atoms with Gasteiger partial charge in [-0.05, 0) is 12.5 Å². The second-order valence-corrected chi connectivity index (χ2v) is 5.11. The van der Waals surface area contributed by atoms with E-state index in [1.54, 1.807) is 24.7 Å². The van der Waals surface area contributed by atoms with Crippen LogP contribution in [0.4, 0.5) is 5.82 Å². The minimum atomic E-state index is 0.345. The lowest BCUT2D eigenvalue weighted by atomic mass is 10.1. The summed E-state index contributed by atoms with van der Waals surface area (Å²) in [6.07, 6.45) is 7.75. The molecule has 5 nitrogen and oxygen atoms in total. The molecule has 0 aliphatic carbocycles. The lowest BCUT2D eigenvalue weighted by Crippen LogP contribution is -2.21. The van der Waals surface area contributed by atoms with Crippen LogP contribution in [0.2, 0.25) is 5.02 Å². The van der Waals surface area contributed by atoms with Gasteiger partial charge in [-0.15, -0.1) is 0 Å². The van der Waals surface area contributed by atoms with Crippen molar-refractivity contribution in [3.63, 3.8) is 0 Å². The molecule has 0 bridgehead atoms. The maximum atomic E-state index is 8.83. The molecule has 2 aromatic heterocycles. The highest BCUT2D eigenvalue weighted by atomic mass is 35.5. The molecular formula is C14H12ClN5. The summed E-state index contributed by atoms with van der Waals surface area (Å²) in [4.78, 5) is 14.9. The van der Waals surface area contributed by atoms with Crippen LogP contribution in [0.25, 0.3) is 0 Å². The Labute approximate surface area is 121 Å². The van der Waals surface area contributed by atoms with E-state index in [9.17, 15) is 0 Å². The van der Waals surface area contributed by atoms with E-state index >= 15 is 0 Å². The van der Waals surface area contributed by atoms with Gasteiger partial charge in [0, 0.05) is 43.8 Å². The minimum absolute atomic E-state index is 0.345. The minimum Gasteiger partial charge on any atom is -0.355 e. The third-order valence-corrected chi connectivity index (χ3v) is 3.72. The van der Waals surface area contributed by atoms with Crippen molar-refractivity contribution in [3.05, 3.63) is 47.1 Å². The summed E-state index contributed by atoms with van der Waals surface area (Å²) in [6, 6.07) is 3.69. The Morgan fingerprint density at radius 3 is 2.90 bits per heavy atom. The van der Waals surface area contributed by atoms with E-state index in [4.69, 9.17) is 16.9 Å². The van der Waals surface area contributed by atoms with E-state index < -0.39 is 0 Å². The molecule has 0 aromatic carbocycles. The summed E-state index contributed by atoms with van der Waals surface area (Å²) < 4.78 is 0. The Kier molecular flexibility index (Phi) is 3.48. The lowest BCUT2D eigenvalue weighted by molar-refractivity contribution is 0.737. The number of nitriles is 1. The molecule has 0 amide bonds. The number of rotatable bonds is 2. The number of pyridine rings is 1. The van der Waals surface area contributed by atoms with Gasteiger partial charge in [0.25, 0.3) is 0 Å². The van der Waals surface area contributed by atoms with E-state index in [-0.39, 0.29) is 0 Å². The van der Waals surface area contributed by atoms with Crippen molar-refractivity contribution in [2.45, 2.75) is 12.3 Å². The molecule has 3 rings (SSSR count). The topological polar surface area (TPSA) is 65.7 Å². The van der Waals surface area contributed by atoms with Crippen molar-refractivity contribution in [1.29, 1.82) is 5.26 Å². The highest BCUT2D eigenvalue weighted by Crippen LogP contribution is 2.32. The van der Waals surface area contributed by atoms with Crippen molar-refractivity contribution in [1.82, 2.24) is 15.0 Å². The second-order valence-electron chi connectivity index (χ2n) is 4.70. The first kappa shape index (κ1) is 12.8. The monoisotopic (exact) mass is 285 g/mol. The van der Waals surface area contributed by atoms with Crippen LogP contribution in [-0.4, -0.2) is 28.0 Å². The van der Waals surface area contributed by atoms with Gasteiger partial charge in [0.05, 0.1) is 16.3 Å². The van der Waals surface area contributed by atoms with E-state index in [1.807, 2.05) is 12.3 Å². The van der Waals surface area contributed by atoms with Crippen LogP contribution >= 0.6 is 11.6 Å². The molecule has 6 heteroatoms. The summed E-state index contributed by atoms with van der Waals surface area (Å²) in [6.45, 7) is 1.69. The number of halogens is 1. The van der Waals surface area contributed by atoms with Crippen LogP contribution in [-0.2, 0) is 0 Å². The largest absolute Gasteiger partial charge is 0.355 e. The van der Waals surface area contributed by atoms with Crippen LogP contribution < -0.4 is 4.90 Å². The van der Waals surface area contributed by atoms with Crippen molar-refractivity contribution >= 4 is 17.4 Å². The molecule has 1 unspecified atom stereocenters. The Hall–Kier alpha value is -2.19. The SMILES string of the molecule is N#Cc1cnc(N2CCC(c3cnccn3)C2)c(Cl)c1. The van der Waals surface area contributed by atoms with Crippen LogP contribution in [0.5, 0.6) is 0 Å². The number of anilines is 1. The van der Waals surface area contributed by atoms with Gasteiger partial charge < -0.3 is 4.90 Å². The smallest absolute Gasteiger partial charge is 0.147 e. The fourth-order valence-corrected chi connectivity index (χ4v) is 2.73. The molecule has 1 atom stereocenters. The van der Waals surface area contributed by atoms with E-state index in [0.29, 0.717) is 16.5 Å². The average molecular weight is 286 g/mol. The molecule has 1 aliphatic rings. The summed E-state index contributed by atoms with van der Waals surface area (Å²) in [7, 11) is 0.